The van der Waals surface area contributed by atoms with E-state index in [2.05, 4.69) is 20.0 Å². The van der Waals surface area contributed by atoms with Crippen molar-refractivity contribution >= 4 is 32.6 Å². The SMILES string of the molecule is COc1ncc(-c2ccc3nc(N)sc3c2)cc1C(=O)NC(C)c1cccc(OC(F)(F)F)c1. The normalized spacial score (nSPS) is 12.4. The lowest BCUT2D eigenvalue weighted by Crippen LogP contribution is -2.27. The van der Waals surface area contributed by atoms with Gasteiger partial charge in [-0.2, -0.15) is 0 Å². The third-order valence-corrected chi connectivity index (χ3v) is 5.81. The van der Waals surface area contributed by atoms with Crippen LogP contribution >= 0.6 is 11.3 Å². The zero-order valence-electron chi connectivity index (χ0n) is 18.0. The highest BCUT2D eigenvalue weighted by atomic mass is 32.1. The Morgan fingerprint density at radius 2 is 1.94 bits per heavy atom. The molecular formula is C23H19F3N4O3S. The lowest BCUT2D eigenvalue weighted by Gasteiger charge is -2.17. The second-order valence-corrected chi connectivity index (χ2v) is 8.39. The van der Waals surface area contributed by atoms with Crippen LogP contribution in [0.15, 0.2) is 54.7 Å². The number of anilines is 1. The van der Waals surface area contributed by atoms with Crippen molar-refractivity contribution in [3.05, 3.63) is 65.9 Å². The Morgan fingerprint density at radius 3 is 2.68 bits per heavy atom. The molecule has 0 saturated heterocycles. The first-order valence-electron chi connectivity index (χ1n) is 10.00. The molecule has 4 aromatic rings. The molecule has 0 aliphatic rings. The molecule has 11 heteroatoms. The second kappa shape index (κ2) is 9.18. The number of nitrogen functional groups attached to an aromatic ring is 1. The largest absolute Gasteiger partial charge is 0.573 e. The summed E-state index contributed by atoms with van der Waals surface area (Å²) >= 11 is 1.35. The summed E-state index contributed by atoms with van der Waals surface area (Å²) in [6, 6.07) is 12.0. The molecule has 0 saturated carbocycles. The highest BCUT2D eigenvalue weighted by Gasteiger charge is 2.31. The number of alkyl halides is 3. The smallest absolute Gasteiger partial charge is 0.480 e. The van der Waals surface area contributed by atoms with Gasteiger partial charge in [0.1, 0.15) is 11.3 Å². The van der Waals surface area contributed by atoms with Gasteiger partial charge < -0.3 is 20.5 Å². The Morgan fingerprint density at radius 1 is 1.15 bits per heavy atom. The molecule has 0 aliphatic heterocycles. The van der Waals surface area contributed by atoms with Crippen LogP contribution < -0.4 is 20.5 Å². The highest BCUT2D eigenvalue weighted by molar-refractivity contribution is 7.22. The van der Waals surface area contributed by atoms with Gasteiger partial charge in [0.05, 0.1) is 23.4 Å². The molecule has 0 radical (unpaired) electrons. The quantitative estimate of drug-likeness (QED) is 0.380. The molecule has 2 aromatic heterocycles. The summed E-state index contributed by atoms with van der Waals surface area (Å²) in [5.41, 5.74) is 8.65. The standard InChI is InChI=1S/C23H19F3N4O3S/c1-12(13-4-3-5-16(8-13)33-23(24,25)26)29-20(31)17-9-15(11-28-21(17)32-2)14-6-7-18-19(10-14)34-22(27)30-18/h3-12H,1-2H3,(H2,27,30)(H,29,31). The van der Waals surface area contributed by atoms with Crippen molar-refractivity contribution in [3.63, 3.8) is 0 Å². The summed E-state index contributed by atoms with van der Waals surface area (Å²) in [7, 11) is 1.40. The number of ether oxygens (including phenoxy) is 2. The van der Waals surface area contributed by atoms with Gasteiger partial charge in [-0.1, -0.05) is 29.5 Å². The Bertz CT molecular complexity index is 1360. The van der Waals surface area contributed by atoms with Gasteiger partial charge in [0.25, 0.3) is 5.91 Å². The van der Waals surface area contributed by atoms with E-state index in [9.17, 15) is 18.0 Å². The lowest BCUT2D eigenvalue weighted by atomic mass is 10.0. The summed E-state index contributed by atoms with van der Waals surface area (Å²) in [5, 5.41) is 3.23. The minimum Gasteiger partial charge on any atom is -0.480 e. The van der Waals surface area contributed by atoms with Gasteiger partial charge >= 0.3 is 6.36 Å². The fourth-order valence-electron chi connectivity index (χ4n) is 3.40. The van der Waals surface area contributed by atoms with Crippen LogP contribution in [0.4, 0.5) is 18.3 Å². The first-order valence-corrected chi connectivity index (χ1v) is 10.8. The molecule has 0 spiro atoms. The van der Waals surface area contributed by atoms with Gasteiger partial charge in [0.15, 0.2) is 5.13 Å². The maximum absolute atomic E-state index is 13.1. The number of nitrogens with one attached hydrogen (secondary N) is 1. The predicted molar refractivity (Wildman–Crippen MR) is 123 cm³/mol. The molecule has 2 aromatic carbocycles. The van der Waals surface area contributed by atoms with E-state index in [1.54, 1.807) is 25.3 Å². The lowest BCUT2D eigenvalue weighted by molar-refractivity contribution is -0.274. The number of carbonyl (C=O) groups is 1. The molecule has 1 atom stereocenters. The molecule has 1 amide bonds. The number of rotatable bonds is 6. The number of methoxy groups -OCH3 is 1. The van der Waals surface area contributed by atoms with Crippen molar-refractivity contribution in [1.82, 2.24) is 15.3 Å². The highest BCUT2D eigenvalue weighted by Crippen LogP contribution is 2.31. The second-order valence-electron chi connectivity index (χ2n) is 7.33. The number of nitrogens with zero attached hydrogens (tertiary/aromatic N) is 2. The summed E-state index contributed by atoms with van der Waals surface area (Å²) in [6.07, 6.45) is -3.22. The van der Waals surface area contributed by atoms with E-state index < -0.39 is 18.3 Å². The third kappa shape index (κ3) is 5.20. The van der Waals surface area contributed by atoms with Crippen LogP contribution in [-0.4, -0.2) is 29.3 Å². The van der Waals surface area contributed by atoms with E-state index in [1.165, 1.54) is 36.6 Å². The van der Waals surface area contributed by atoms with Crippen molar-refractivity contribution in [3.8, 4) is 22.8 Å². The maximum atomic E-state index is 13.1. The van der Waals surface area contributed by atoms with Gasteiger partial charge in [-0.05, 0) is 48.4 Å². The zero-order chi connectivity index (χ0) is 24.5. The number of thiazole rings is 1. The Labute approximate surface area is 196 Å². The van der Waals surface area contributed by atoms with E-state index in [0.29, 0.717) is 16.3 Å². The van der Waals surface area contributed by atoms with Crippen LogP contribution in [0.1, 0.15) is 28.9 Å². The van der Waals surface area contributed by atoms with E-state index in [0.717, 1.165) is 15.8 Å². The van der Waals surface area contributed by atoms with Crippen molar-refractivity contribution in [1.29, 1.82) is 0 Å². The third-order valence-electron chi connectivity index (χ3n) is 4.97. The number of amides is 1. The Balaban J connectivity index is 1.59. The number of benzene rings is 2. The van der Waals surface area contributed by atoms with Crippen molar-refractivity contribution in [2.75, 3.05) is 12.8 Å². The van der Waals surface area contributed by atoms with E-state index in [4.69, 9.17) is 10.5 Å². The van der Waals surface area contributed by atoms with Gasteiger partial charge in [-0.25, -0.2) is 9.97 Å². The van der Waals surface area contributed by atoms with Crippen LogP contribution in [-0.2, 0) is 0 Å². The minimum atomic E-state index is -4.81. The van der Waals surface area contributed by atoms with Crippen LogP contribution in [0, 0.1) is 0 Å². The monoisotopic (exact) mass is 488 g/mol. The molecule has 2 heterocycles. The Hall–Kier alpha value is -3.86. The Kier molecular flexibility index (Phi) is 6.29. The molecule has 34 heavy (non-hydrogen) atoms. The fourth-order valence-corrected chi connectivity index (χ4v) is 4.17. The maximum Gasteiger partial charge on any atom is 0.573 e. The molecule has 0 fully saturated rings. The van der Waals surface area contributed by atoms with Crippen LogP contribution in [0.2, 0.25) is 0 Å². The molecule has 4 rings (SSSR count). The van der Waals surface area contributed by atoms with E-state index in [1.807, 2.05) is 18.2 Å². The molecule has 176 valence electrons. The fraction of sp³-hybridized carbons (Fsp3) is 0.174. The topological polar surface area (TPSA) is 99.4 Å². The summed E-state index contributed by atoms with van der Waals surface area (Å²) in [6.45, 7) is 1.65. The first-order chi connectivity index (χ1) is 16.1. The van der Waals surface area contributed by atoms with Crippen LogP contribution in [0.5, 0.6) is 11.6 Å². The zero-order valence-corrected chi connectivity index (χ0v) is 18.8. The van der Waals surface area contributed by atoms with Gasteiger partial charge in [-0.15, -0.1) is 13.2 Å². The van der Waals surface area contributed by atoms with Crippen molar-refractivity contribution in [2.24, 2.45) is 0 Å². The van der Waals surface area contributed by atoms with Gasteiger partial charge in [0.2, 0.25) is 5.88 Å². The molecule has 0 bridgehead atoms. The molecule has 7 nitrogen and oxygen atoms in total. The summed E-state index contributed by atoms with van der Waals surface area (Å²) < 4.78 is 47.7. The van der Waals surface area contributed by atoms with Gasteiger partial charge in [-0.3, -0.25) is 4.79 Å². The number of pyridine rings is 1. The number of halogens is 3. The summed E-state index contributed by atoms with van der Waals surface area (Å²) in [4.78, 5) is 21.5. The average Bonchev–Trinajstić information content (AvgIpc) is 3.16. The van der Waals surface area contributed by atoms with E-state index in [-0.39, 0.29) is 17.2 Å². The molecule has 3 N–H and O–H groups in total. The minimum absolute atomic E-state index is 0.116. The summed E-state index contributed by atoms with van der Waals surface area (Å²) in [5.74, 6) is -0.749. The van der Waals surface area contributed by atoms with Crippen LogP contribution in [0.25, 0.3) is 21.3 Å². The average molecular weight is 488 g/mol. The van der Waals surface area contributed by atoms with Crippen molar-refractivity contribution < 1.29 is 27.4 Å². The molecular weight excluding hydrogens is 469 g/mol. The molecule has 0 aliphatic carbocycles. The van der Waals surface area contributed by atoms with E-state index >= 15 is 0 Å². The number of hydrogen-bond donors (Lipinski definition) is 2. The molecule has 1 unspecified atom stereocenters. The first kappa shape index (κ1) is 23.3. The number of nitrogens with two attached hydrogens (primary N) is 1. The number of carbonyl (C=O) groups excluding carboxylic acids is 1. The number of aromatic nitrogens is 2. The number of hydrogen-bond acceptors (Lipinski definition) is 7. The predicted octanol–water partition coefficient (Wildman–Crippen LogP) is 5.34. The van der Waals surface area contributed by atoms with Gasteiger partial charge in [0, 0.05) is 11.8 Å². The van der Waals surface area contributed by atoms with Crippen LogP contribution in [0.3, 0.4) is 0 Å². The number of fused-ring (bicyclic) bond motifs is 1. The van der Waals surface area contributed by atoms with Crippen molar-refractivity contribution in [2.45, 2.75) is 19.3 Å².